The standard InChI is InChI=1S/C19H19BrO3/c1-3-21-19(22-4-2)15-6-5-14-11-17(23-18(14)12-15)13-7-9-16(20)10-8-13/h5-12,19H,3-4H2,1-2H3. The first-order valence-corrected chi connectivity index (χ1v) is 8.53. The Morgan fingerprint density at radius 3 is 2.30 bits per heavy atom. The SMILES string of the molecule is CCOC(OCC)c1ccc2cc(-c3ccc(Br)cc3)oc2c1. The van der Waals surface area contributed by atoms with Crippen molar-refractivity contribution in [1.29, 1.82) is 0 Å². The smallest absolute Gasteiger partial charge is 0.183 e. The largest absolute Gasteiger partial charge is 0.456 e. The van der Waals surface area contributed by atoms with Gasteiger partial charge in [-0.25, -0.2) is 0 Å². The first-order valence-electron chi connectivity index (χ1n) is 7.74. The van der Waals surface area contributed by atoms with Crippen LogP contribution >= 0.6 is 15.9 Å². The molecule has 0 saturated carbocycles. The Balaban J connectivity index is 1.95. The molecule has 0 aliphatic rings. The van der Waals surface area contributed by atoms with Gasteiger partial charge in [0.15, 0.2) is 6.29 Å². The van der Waals surface area contributed by atoms with Gasteiger partial charge >= 0.3 is 0 Å². The molecule has 1 aromatic heterocycles. The third kappa shape index (κ3) is 3.66. The number of rotatable bonds is 6. The van der Waals surface area contributed by atoms with Crippen molar-refractivity contribution in [3.05, 3.63) is 58.6 Å². The van der Waals surface area contributed by atoms with E-state index in [2.05, 4.69) is 22.0 Å². The normalized spacial score (nSPS) is 11.5. The summed E-state index contributed by atoms with van der Waals surface area (Å²) in [6, 6.07) is 16.2. The molecular weight excluding hydrogens is 356 g/mol. The predicted molar refractivity (Wildman–Crippen MR) is 95.3 cm³/mol. The van der Waals surface area contributed by atoms with E-state index >= 15 is 0 Å². The second kappa shape index (κ2) is 7.30. The highest BCUT2D eigenvalue weighted by Gasteiger charge is 2.14. The van der Waals surface area contributed by atoms with Gasteiger partial charge < -0.3 is 13.9 Å². The van der Waals surface area contributed by atoms with E-state index in [1.165, 1.54) is 0 Å². The van der Waals surface area contributed by atoms with Crippen molar-refractivity contribution < 1.29 is 13.9 Å². The Labute approximate surface area is 144 Å². The summed E-state index contributed by atoms with van der Waals surface area (Å²) in [6.45, 7) is 5.13. The van der Waals surface area contributed by atoms with E-state index in [1.54, 1.807) is 0 Å². The molecule has 0 aliphatic heterocycles. The van der Waals surface area contributed by atoms with E-state index in [4.69, 9.17) is 13.9 Å². The molecule has 120 valence electrons. The van der Waals surface area contributed by atoms with Crippen LogP contribution in [-0.4, -0.2) is 13.2 Å². The number of hydrogen-bond acceptors (Lipinski definition) is 3. The van der Waals surface area contributed by atoms with Crippen LogP contribution in [0.1, 0.15) is 25.7 Å². The zero-order valence-electron chi connectivity index (χ0n) is 13.2. The van der Waals surface area contributed by atoms with Crippen LogP contribution in [0, 0.1) is 0 Å². The zero-order chi connectivity index (χ0) is 16.2. The number of halogens is 1. The molecule has 0 atom stereocenters. The number of hydrogen-bond donors (Lipinski definition) is 0. The number of furan rings is 1. The van der Waals surface area contributed by atoms with E-state index in [0.29, 0.717) is 13.2 Å². The summed E-state index contributed by atoms with van der Waals surface area (Å²) < 4.78 is 18.4. The van der Waals surface area contributed by atoms with Crippen molar-refractivity contribution in [2.75, 3.05) is 13.2 Å². The van der Waals surface area contributed by atoms with Gasteiger partial charge in [-0.05, 0) is 38.1 Å². The fourth-order valence-electron chi connectivity index (χ4n) is 2.49. The first-order chi connectivity index (χ1) is 11.2. The molecule has 0 unspecified atom stereocenters. The lowest BCUT2D eigenvalue weighted by Gasteiger charge is -2.16. The van der Waals surface area contributed by atoms with Crippen LogP contribution in [0.2, 0.25) is 0 Å². The molecule has 0 fully saturated rings. The molecular formula is C19H19BrO3. The summed E-state index contributed by atoms with van der Waals surface area (Å²) in [5, 5.41) is 1.07. The van der Waals surface area contributed by atoms with Crippen LogP contribution in [0.25, 0.3) is 22.3 Å². The van der Waals surface area contributed by atoms with Gasteiger partial charge in [0, 0.05) is 34.2 Å². The lowest BCUT2D eigenvalue weighted by molar-refractivity contribution is -0.140. The van der Waals surface area contributed by atoms with Crippen LogP contribution in [0.3, 0.4) is 0 Å². The molecule has 0 spiro atoms. The molecule has 4 heteroatoms. The van der Waals surface area contributed by atoms with Crippen LogP contribution in [0.4, 0.5) is 0 Å². The second-order valence-electron chi connectivity index (χ2n) is 5.16. The molecule has 1 heterocycles. The van der Waals surface area contributed by atoms with Crippen molar-refractivity contribution in [3.8, 4) is 11.3 Å². The monoisotopic (exact) mass is 374 g/mol. The highest BCUT2D eigenvalue weighted by atomic mass is 79.9. The highest BCUT2D eigenvalue weighted by Crippen LogP contribution is 2.31. The summed E-state index contributed by atoms with van der Waals surface area (Å²) in [4.78, 5) is 0. The quantitative estimate of drug-likeness (QED) is 0.500. The van der Waals surface area contributed by atoms with Crippen molar-refractivity contribution in [3.63, 3.8) is 0 Å². The summed E-state index contributed by atoms with van der Waals surface area (Å²) in [7, 11) is 0. The van der Waals surface area contributed by atoms with Gasteiger partial charge in [-0.3, -0.25) is 0 Å². The lowest BCUT2D eigenvalue weighted by atomic mass is 10.1. The van der Waals surface area contributed by atoms with Gasteiger partial charge in [0.25, 0.3) is 0 Å². The Bertz CT molecular complexity index is 771. The second-order valence-corrected chi connectivity index (χ2v) is 6.07. The summed E-state index contributed by atoms with van der Waals surface area (Å²) in [5.74, 6) is 0.856. The van der Waals surface area contributed by atoms with E-state index in [9.17, 15) is 0 Å². The van der Waals surface area contributed by atoms with E-state index < -0.39 is 0 Å². The molecule has 0 bridgehead atoms. The molecule has 0 N–H and O–H groups in total. The third-order valence-electron chi connectivity index (χ3n) is 3.58. The molecule has 0 radical (unpaired) electrons. The summed E-state index contributed by atoms with van der Waals surface area (Å²) >= 11 is 3.45. The maximum Gasteiger partial charge on any atom is 0.183 e. The van der Waals surface area contributed by atoms with Crippen LogP contribution in [0.15, 0.2) is 57.4 Å². The fraction of sp³-hybridized carbons (Fsp3) is 0.263. The van der Waals surface area contributed by atoms with E-state index in [0.717, 1.165) is 32.3 Å². The van der Waals surface area contributed by atoms with Gasteiger partial charge in [0.1, 0.15) is 11.3 Å². The van der Waals surface area contributed by atoms with Crippen molar-refractivity contribution >= 4 is 26.9 Å². The molecule has 0 amide bonds. The number of ether oxygens (including phenoxy) is 2. The highest BCUT2D eigenvalue weighted by molar-refractivity contribution is 9.10. The van der Waals surface area contributed by atoms with E-state index in [1.807, 2.05) is 56.3 Å². The van der Waals surface area contributed by atoms with Gasteiger partial charge in [-0.1, -0.05) is 40.2 Å². The molecule has 0 aliphatic carbocycles. The molecule has 3 aromatic rings. The van der Waals surface area contributed by atoms with Gasteiger partial charge in [-0.2, -0.15) is 0 Å². The third-order valence-corrected chi connectivity index (χ3v) is 4.11. The zero-order valence-corrected chi connectivity index (χ0v) is 14.8. The molecule has 2 aromatic carbocycles. The average molecular weight is 375 g/mol. The number of benzene rings is 2. The fourth-order valence-corrected chi connectivity index (χ4v) is 2.76. The summed E-state index contributed by atoms with van der Waals surface area (Å²) in [6.07, 6.45) is -0.351. The minimum absolute atomic E-state index is 0.351. The van der Waals surface area contributed by atoms with Gasteiger partial charge in [0.2, 0.25) is 0 Å². The topological polar surface area (TPSA) is 31.6 Å². The maximum absolute atomic E-state index is 6.01. The Kier molecular flexibility index (Phi) is 5.16. The number of fused-ring (bicyclic) bond motifs is 1. The maximum atomic E-state index is 6.01. The van der Waals surface area contributed by atoms with E-state index in [-0.39, 0.29) is 6.29 Å². The lowest BCUT2D eigenvalue weighted by Crippen LogP contribution is -2.08. The minimum Gasteiger partial charge on any atom is -0.456 e. The molecule has 3 rings (SSSR count). The van der Waals surface area contributed by atoms with Crippen molar-refractivity contribution in [1.82, 2.24) is 0 Å². The Morgan fingerprint density at radius 2 is 1.65 bits per heavy atom. The van der Waals surface area contributed by atoms with Gasteiger partial charge in [0.05, 0.1) is 0 Å². The first kappa shape index (κ1) is 16.2. The predicted octanol–water partition coefficient (Wildman–Crippen LogP) is 5.93. The van der Waals surface area contributed by atoms with Crippen molar-refractivity contribution in [2.24, 2.45) is 0 Å². The van der Waals surface area contributed by atoms with Crippen LogP contribution in [0.5, 0.6) is 0 Å². The van der Waals surface area contributed by atoms with Crippen molar-refractivity contribution in [2.45, 2.75) is 20.1 Å². The van der Waals surface area contributed by atoms with Crippen LogP contribution < -0.4 is 0 Å². The summed E-state index contributed by atoms with van der Waals surface area (Å²) in [5.41, 5.74) is 2.86. The van der Waals surface area contributed by atoms with Crippen LogP contribution in [-0.2, 0) is 9.47 Å². The molecule has 23 heavy (non-hydrogen) atoms. The molecule has 3 nitrogen and oxygen atoms in total. The molecule has 0 saturated heterocycles. The average Bonchev–Trinajstić information content (AvgIpc) is 2.98. The Morgan fingerprint density at radius 1 is 0.957 bits per heavy atom. The minimum atomic E-state index is -0.351. The Hall–Kier alpha value is -1.62. The van der Waals surface area contributed by atoms with Gasteiger partial charge in [-0.15, -0.1) is 0 Å².